The SMILES string of the molecule is CCOc1cc(=O)n(C)cc1-c1cc([N+](=O)[O-])ccc1OC1CCC(NC(=O)OC(C)(C)C)CC1. The Morgan fingerprint density at radius 2 is 1.83 bits per heavy atom. The van der Waals surface area contributed by atoms with E-state index in [1.165, 1.54) is 22.8 Å². The smallest absolute Gasteiger partial charge is 0.407 e. The standard InChI is InChI=1S/C25H33N3O7/c1-6-33-22-14-23(29)27(5)15-20(22)19-13-17(28(31)32)9-12-21(19)34-18-10-7-16(8-11-18)26-24(30)35-25(2,3)4/h9,12-16,18H,6-8,10-11H2,1-5H3,(H,26,30). The molecular formula is C25H33N3O7. The average molecular weight is 488 g/mol. The molecule has 1 aliphatic rings. The molecule has 1 aromatic heterocycles. The molecule has 0 bridgehead atoms. The van der Waals surface area contributed by atoms with Gasteiger partial charge in [0.1, 0.15) is 17.1 Å². The Morgan fingerprint density at radius 1 is 1.14 bits per heavy atom. The van der Waals surface area contributed by atoms with Gasteiger partial charge in [0.05, 0.1) is 17.6 Å². The molecule has 10 heteroatoms. The van der Waals surface area contributed by atoms with Gasteiger partial charge in [0.2, 0.25) is 0 Å². The third kappa shape index (κ3) is 6.97. The molecule has 0 atom stereocenters. The molecule has 0 unspecified atom stereocenters. The minimum Gasteiger partial charge on any atom is -0.493 e. The van der Waals surface area contributed by atoms with E-state index in [2.05, 4.69) is 5.32 Å². The summed E-state index contributed by atoms with van der Waals surface area (Å²) in [5.41, 5.74) is 0.118. The first-order valence-electron chi connectivity index (χ1n) is 11.7. The first-order valence-corrected chi connectivity index (χ1v) is 11.7. The highest BCUT2D eigenvalue weighted by molar-refractivity contribution is 5.77. The van der Waals surface area contributed by atoms with Crippen LogP contribution in [-0.4, -0.2) is 39.9 Å². The van der Waals surface area contributed by atoms with Crippen molar-refractivity contribution in [2.75, 3.05) is 6.61 Å². The van der Waals surface area contributed by atoms with Crippen molar-refractivity contribution >= 4 is 11.8 Å². The van der Waals surface area contributed by atoms with Crippen molar-refractivity contribution in [2.45, 2.75) is 71.1 Å². The topological polar surface area (TPSA) is 122 Å². The zero-order valence-corrected chi connectivity index (χ0v) is 20.8. The molecule has 2 aromatic rings. The molecule has 1 aromatic carbocycles. The Morgan fingerprint density at radius 3 is 2.43 bits per heavy atom. The number of alkyl carbamates (subject to hydrolysis) is 1. The lowest BCUT2D eigenvalue weighted by molar-refractivity contribution is -0.384. The van der Waals surface area contributed by atoms with E-state index in [4.69, 9.17) is 14.2 Å². The van der Waals surface area contributed by atoms with E-state index in [9.17, 15) is 19.7 Å². The fraction of sp³-hybridized carbons (Fsp3) is 0.520. The molecule has 3 rings (SSSR count). The van der Waals surface area contributed by atoms with Gasteiger partial charge in [-0.25, -0.2) is 4.79 Å². The Labute approximate surface area is 204 Å². The Balaban J connectivity index is 1.81. The van der Waals surface area contributed by atoms with Crippen molar-refractivity contribution in [1.29, 1.82) is 0 Å². The molecule has 1 amide bonds. The number of nitro benzene ring substituents is 1. The minimum atomic E-state index is -0.558. The average Bonchev–Trinajstić information content (AvgIpc) is 2.76. The first kappa shape index (κ1) is 26.1. The van der Waals surface area contributed by atoms with E-state index < -0.39 is 16.6 Å². The predicted octanol–water partition coefficient (Wildman–Crippen LogP) is 4.57. The Bertz CT molecular complexity index is 1130. The van der Waals surface area contributed by atoms with Crippen LogP contribution in [0.25, 0.3) is 11.1 Å². The molecule has 0 spiro atoms. The van der Waals surface area contributed by atoms with Crippen molar-refractivity contribution in [2.24, 2.45) is 7.05 Å². The lowest BCUT2D eigenvalue weighted by atomic mass is 9.93. The fourth-order valence-corrected chi connectivity index (χ4v) is 4.01. The van der Waals surface area contributed by atoms with Crippen LogP contribution in [0.4, 0.5) is 10.5 Å². The summed E-state index contributed by atoms with van der Waals surface area (Å²) < 4.78 is 18.7. The van der Waals surface area contributed by atoms with Gasteiger partial charge in [0.15, 0.2) is 0 Å². The summed E-state index contributed by atoms with van der Waals surface area (Å²) in [7, 11) is 1.61. The van der Waals surface area contributed by atoms with Gasteiger partial charge in [-0.05, 0) is 59.4 Å². The molecule has 1 heterocycles. The molecule has 10 nitrogen and oxygen atoms in total. The highest BCUT2D eigenvalue weighted by atomic mass is 16.6. The van der Waals surface area contributed by atoms with Crippen molar-refractivity contribution in [3.8, 4) is 22.6 Å². The summed E-state index contributed by atoms with van der Waals surface area (Å²) in [4.78, 5) is 35.2. The maximum Gasteiger partial charge on any atom is 0.407 e. The highest BCUT2D eigenvalue weighted by Crippen LogP contribution is 2.39. The highest BCUT2D eigenvalue weighted by Gasteiger charge is 2.27. The van der Waals surface area contributed by atoms with Gasteiger partial charge in [-0.15, -0.1) is 0 Å². The lowest BCUT2D eigenvalue weighted by Crippen LogP contribution is -2.42. The Kier molecular flexibility index (Phi) is 8.03. The molecule has 0 radical (unpaired) electrons. The molecule has 1 N–H and O–H groups in total. The summed E-state index contributed by atoms with van der Waals surface area (Å²) in [6.07, 6.45) is 3.87. The molecule has 1 fully saturated rings. The summed E-state index contributed by atoms with van der Waals surface area (Å²) in [6, 6.07) is 5.78. The molecule has 0 aliphatic heterocycles. The van der Waals surface area contributed by atoms with Crippen LogP contribution in [-0.2, 0) is 11.8 Å². The third-order valence-corrected chi connectivity index (χ3v) is 5.64. The number of rotatable bonds is 7. The number of nitro groups is 1. The van der Waals surface area contributed by atoms with E-state index >= 15 is 0 Å². The zero-order chi connectivity index (χ0) is 25.8. The van der Waals surface area contributed by atoms with Gasteiger partial charge in [0, 0.05) is 48.6 Å². The van der Waals surface area contributed by atoms with Crippen molar-refractivity contribution in [1.82, 2.24) is 9.88 Å². The quantitative estimate of drug-likeness (QED) is 0.448. The van der Waals surface area contributed by atoms with Gasteiger partial charge in [0.25, 0.3) is 11.2 Å². The van der Waals surface area contributed by atoms with Crippen LogP contribution in [0.5, 0.6) is 11.5 Å². The van der Waals surface area contributed by atoms with Gasteiger partial charge in [-0.3, -0.25) is 14.9 Å². The number of carbonyl (C=O) groups is 1. The van der Waals surface area contributed by atoms with Crippen LogP contribution in [0.15, 0.2) is 35.3 Å². The predicted molar refractivity (Wildman–Crippen MR) is 131 cm³/mol. The first-order chi connectivity index (χ1) is 16.5. The van der Waals surface area contributed by atoms with Crippen LogP contribution in [0.2, 0.25) is 0 Å². The number of nitrogens with one attached hydrogen (secondary N) is 1. The second kappa shape index (κ2) is 10.8. The number of hydrogen-bond donors (Lipinski definition) is 1. The van der Waals surface area contributed by atoms with E-state index in [-0.39, 0.29) is 23.4 Å². The Hall–Kier alpha value is -3.56. The van der Waals surface area contributed by atoms with E-state index in [0.29, 0.717) is 42.1 Å². The molecule has 190 valence electrons. The van der Waals surface area contributed by atoms with Crippen molar-refractivity contribution in [3.63, 3.8) is 0 Å². The van der Waals surface area contributed by atoms with E-state index in [1.54, 1.807) is 26.2 Å². The van der Waals surface area contributed by atoms with Crippen LogP contribution >= 0.6 is 0 Å². The zero-order valence-electron chi connectivity index (χ0n) is 20.8. The van der Waals surface area contributed by atoms with Crippen molar-refractivity contribution < 1.29 is 23.9 Å². The third-order valence-electron chi connectivity index (χ3n) is 5.64. The molecule has 1 aliphatic carbocycles. The number of non-ortho nitro benzene ring substituents is 1. The van der Waals surface area contributed by atoms with E-state index in [0.717, 1.165) is 12.8 Å². The number of carbonyl (C=O) groups excluding carboxylic acids is 1. The lowest BCUT2D eigenvalue weighted by Gasteiger charge is -2.31. The van der Waals surface area contributed by atoms with Gasteiger partial charge in [-0.2, -0.15) is 0 Å². The molecule has 0 saturated heterocycles. The number of pyridine rings is 1. The second-order valence-corrected chi connectivity index (χ2v) is 9.61. The molecule has 1 saturated carbocycles. The van der Waals surface area contributed by atoms with Gasteiger partial charge in [-0.1, -0.05) is 0 Å². The van der Waals surface area contributed by atoms with Crippen LogP contribution in [0.1, 0.15) is 53.4 Å². The number of hydrogen-bond acceptors (Lipinski definition) is 7. The normalized spacial score (nSPS) is 18.0. The van der Waals surface area contributed by atoms with Crippen LogP contribution < -0.4 is 20.3 Å². The number of ether oxygens (including phenoxy) is 3. The maximum atomic E-state index is 12.2. The monoisotopic (exact) mass is 487 g/mol. The van der Waals surface area contributed by atoms with Crippen LogP contribution in [0, 0.1) is 10.1 Å². The van der Waals surface area contributed by atoms with Crippen molar-refractivity contribution in [3.05, 3.63) is 50.9 Å². The molecule has 35 heavy (non-hydrogen) atoms. The number of nitrogens with zero attached hydrogens (tertiary/aromatic N) is 2. The van der Waals surface area contributed by atoms with E-state index in [1.807, 2.05) is 20.8 Å². The van der Waals surface area contributed by atoms with Crippen LogP contribution in [0.3, 0.4) is 0 Å². The summed E-state index contributed by atoms with van der Waals surface area (Å²) >= 11 is 0. The maximum absolute atomic E-state index is 12.2. The minimum absolute atomic E-state index is 0.00534. The summed E-state index contributed by atoms with van der Waals surface area (Å²) in [5, 5.41) is 14.4. The summed E-state index contributed by atoms with van der Waals surface area (Å²) in [6.45, 7) is 7.60. The van der Waals surface area contributed by atoms with Gasteiger partial charge < -0.3 is 24.1 Å². The molecular weight excluding hydrogens is 454 g/mol. The van der Waals surface area contributed by atoms with Gasteiger partial charge >= 0.3 is 6.09 Å². The number of aromatic nitrogens is 1. The summed E-state index contributed by atoms with van der Waals surface area (Å²) in [5.74, 6) is 0.810. The second-order valence-electron chi connectivity index (χ2n) is 9.61. The number of amides is 1. The number of aryl methyl sites for hydroxylation is 1. The largest absolute Gasteiger partial charge is 0.493 e. The fourth-order valence-electron chi connectivity index (χ4n) is 4.01. The number of benzene rings is 1.